The standard InChI is InChI=1S/C23H29N3O4S/c1-5-25(6-2)31(29,30)20-10-8-19(9-11-20)24-23(28)18-14-22(27)26(15-18)21-12-7-16(3)13-17(21)4/h7-13,18H,5-6,14-15H2,1-4H3,(H,24,28). The predicted molar refractivity (Wildman–Crippen MR) is 122 cm³/mol. The Labute approximate surface area is 184 Å². The molecule has 2 aromatic carbocycles. The normalized spacial score (nSPS) is 16.7. The van der Waals surface area contributed by atoms with Crippen LogP contribution in [0.25, 0.3) is 0 Å². The van der Waals surface area contributed by atoms with Gasteiger partial charge in [0.25, 0.3) is 0 Å². The van der Waals surface area contributed by atoms with E-state index in [1.165, 1.54) is 16.4 Å². The van der Waals surface area contributed by atoms with Crippen molar-refractivity contribution in [2.75, 3.05) is 29.9 Å². The van der Waals surface area contributed by atoms with Gasteiger partial charge in [-0.1, -0.05) is 31.5 Å². The van der Waals surface area contributed by atoms with Crippen molar-refractivity contribution in [3.8, 4) is 0 Å². The quantitative estimate of drug-likeness (QED) is 0.711. The zero-order chi connectivity index (χ0) is 22.8. The van der Waals surface area contributed by atoms with Gasteiger partial charge in [-0.2, -0.15) is 4.31 Å². The number of aryl methyl sites for hydroxylation is 2. The largest absolute Gasteiger partial charge is 0.326 e. The highest BCUT2D eigenvalue weighted by atomic mass is 32.2. The zero-order valence-corrected chi connectivity index (χ0v) is 19.2. The molecule has 0 saturated carbocycles. The van der Waals surface area contributed by atoms with Gasteiger partial charge in [-0.25, -0.2) is 8.42 Å². The molecule has 8 heteroatoms. The van der Waals surface area contributed by atoms with Crippen molar-refractivity contribution in [2.45, 2.75) is 39.0 Å². The Kier molecular flexibility index (Phi) is 6.81. The topological polar surface area (TPSA) is 86.8 Å². The lowest BCUT2D eigenvalue weighted by atomic mass is 10.1. The van der Waals surface area contributed by atoms with Crippen molar-refractivity contribution in [3.05, 3.63) is 53.6 Å². The minimum Gasteiger partial charge on any atom is -0.326 e. The molecule has 1 atom stereocenters. The Bertz CT molecular complexity index is 1080. The summed E-state index contributed by atoms with van der Waals surface area (Å²) in [5.41, 5.74) is 3.45. The summed E-state index contributed by atoms with van der Waals surface area (Å²) in [6, 6.07) is 12.0. The van der Waals surface area contributed by atoms with Crippen molar-refractivity contribution in [1.82, 2.24) is 4.31 Å². The summed E-state index contributed by atoms with van der Waals surface area (Å²) >= 11 is 0. The first-order valence-electron chi connectivity index (χ1n) is 10.5. The Morgan fingerprint density at radius 3 is 2.32 bits per heavy atom. The van der Waals surface area contributed by atoms with Gasteiger partial charge >= 0.3 is 0 Å². The van der Waals surface area contributed by atoms with Crippen LogP contribution in [0, 0.1) is 19.8 Å². The number of nitrogens with one attached hydrogen (secondary N) is 1. The molecule has 0 aromatic heterocycles. The molecule has 1 fully saturated rings. The zero-order valence-electron chi connectivity index (χ0n) is 18.4. The lowest BCUT2D eigenvalue weighted by Gasteiger charge is -2.20. The van der Waals surface area contributed by atoms with Crippen LogP contribution >= 0.6 is 0 Å². The second kappa shape index (κ2) is 9.20. The number of hydrogen-bond donors (Lipinski definition) is 1. The van der Waals surface area contributed by atoms with Gasteiger partial charge in [-0.15, -0.1) is 0 Å². The predicted octanol–water partition coefficient (Wildman–Crippen LogP) is 3.33. The molecule has 166 valence electrons. The third kappa shape index (κ3) is 4.80. The molecule has 3 rings (SSSR count). The van der Waals surface area contributed by atoms with Crippen molar-refractivity contribution in [3.63, 3.8) is 0 Å². The van der Waals surface area contributed by atoms with Crippen LogP contribution in [-0.4, -0.2) is 44.2 Å². The van der Waals surface area contributed by atoms with Gasteiger partial charge in [0.15, 0.2) is 0 Å². The highest BCUT2D eigenvalue weighted by Gasteiger charge is 2.35. The molecule has 1 aliphatic rings. The first kappa shape index (κ1) is 23.0. The Hall–Kier alpha value is -2.71. The van der Waals surface area contributed by atoms with Gasteiger partial charge in [-0.05, 0) is 49.7 Å². The molecular formula is C23H29N3O4S. The first-order valence-corrected chi connectivity index (χ1v) is 11.9. The fourth-order valence-electron chi connectivity index (χ4n) is 3.89. The lowest BCUT2D eigenvalue weighted by molar-refractivity contribution is -0.122. The van der Waals surface area contributed by atoms with E-state index in [0.29, 0.717) is 25.3 Å². The lowest BCUT2D eigenvalue weighted by Crippen LogP contribution is -2.30. The Balaban J connectivity index is 1.69. The third-order valence-electron chi connectivity index (χ3n) is 5.60. The molecule has 2 aromatic rings. The molecule has 1 saturated heterocycles. The van der Waals surface area contributed by atoms with E-state index in [1.807, 2.05) is 32.0 Å². The van der Waals surface area contributed by atoms with Crippen LogP contribution in [0.1, 0.15) is 31.4 Å². The molecule has 0 aliphatic carbocycles. The van der Waals surface area contributed by atoms with Crippen LogP contribution < -0.4 is 10.2 Å². The highest BCUT2D eigenvalue weighted by Crippen LogP contribution is 2.29. The third-order valence-corrected chi connectivity index (χ3v) is 7.67. The van der Waals surface area contributed by atoms with E-state index in [2.05, 4.69) is 5.32 Å². The number of hydrogen-bond acceptors (Lipinski definition) is 4. The molecule has 0 bridgehead atoms. The van der Waals surface area contributed by atoms with Crippen LogP contribution in [0.5, 0.6) is 0 Å². The second-order valence-electron chi connectivity index (χ2n) is 7.80. The van der Waals surface area contributed by atoms with Gasteiger partial charge < -0.3 is 10.2 Å². The average molecular weight is 444 g/mol. The van der Waals surface area contributed by atoms with Crippen molar-refractivity contribution in [1.29, 1.82) is 0 Å². The molecule has 1 unspecified atom stereocenters. The Morgan fingerprint density at radius 1 is 1.10 bits per heavy atom. The minimum absolute atomic E-state index is 0.0761. The van der Waals surface area contributed by atoms with Gasteiger partial charge in [0.05, 0.1) is 10.8 Å². The number of carbonyl (C=O) groups excluding carboxylic acids is 2. The monoisotopic (exact) mass is 443 g/mol. The van der Waals surface area contributed by atoms with Crippen molar-refractivity contribution < 1.29 is 18.0 Å². The SMILES string of the molecule is CCN(CC)S(=O)(=O)c1ccc(NC(=O)C2CC(=O)N(c3ccc(C)cc3C)C2)cc1. The molecule has 0 radical (unpaired) electrons. The summed E-state index contributed by atoms with van der Waals surface area (Å²) in [6.45, 7) is 8.64. The Morgan fingerprint density at radius 2 is 1.74 bits per heavy atom. The average Bonchev–Trinajstić information content (AvgIpc) is 3.11. The van der Waals surface area contributed by atoms with E-state index in [1.54, 1.807) is 30.9 Å². The number of rotatable bonds is 7. The number of amides is 2. The number of benzene rings is 2. The molecular weight excluding hydrogens is 414 g/mol. The molecule has 1 N–H and O–H groups in total. The van der Waals surface area contributed by atoms with Crippen LogP contribution in [0.3, 0.4) is 0 Å². The summed E-state index contributed by atoms with van der Waals surface area (Å²) < 4.78 is 26.6. The number of nitrogens with zero attached hydrogens (tertiary/aromatic N) is 2. The minimum atomic E-state index is -3.55. The smallest absolute Gasteiger partial charge is 0.243 e. The summed E-state index contributed by atoms with van der Waals surface area (Å²) in [7, 11) is -3.55. The number of carbonyl (C=O) groups is 2. The molecule has 7 nitrogen and oxygen atoms in total. The van der Waals surface area contributed by atoms with E-state index < -0.39 is 15.9 Å². The van der Waals surface area contributed by atoms with Gasteiger partial charge in [-0.3, -0.25) is 9.59 Å². The highest BCUT2D eigenvalue weighted by molar-refractivity contribution is 7.89. The maximum Gasteiger partial charge on any atom is 0.243 e. The van der Waals surface area contributed by atoms with Crippen LogP contribution in [0.2, 0.25) is 0 Å². The maximum absolute atomic E-state index is 12.7. The fourth-order valence-corrected chi connectivity index (χ4v) is 5.35. The van der Waals surface area contributed by atoms with Crippen LogP contribution in [-0.2, 0) is 19.6 Å². The molecule has 31 heavy (non-hydrogen) atoms. The molecule has 0 spiro atoms. The van der Waals surface area contributed by atoms with E-state index >= 15 is 0 Å². The second-order valence-corrected chi connectivity index (χ2v) is 9.74. The number of sulfonamides is 1. The summed E-state index contributed by atoms with van der Waals surface area (Å²) in [4.78, 5) is 27.1. The van der Waals surface area contributed by atoms with Gasteiger partial charge in [0.2, 0.25) is 21.8 Å². The number of anilines is 2. The van der Waals surface area contributed by atoms with Crippen LogP contribution in [0.4, 0.5) is 11.4 Å². The van der Waals surface area contributed by atoms with Gasteiger partial charge in [0, 0.05) is 37.4 Å². The van der Waals surface area contributed by atoms with Crippen molar-refractivity contribution >= 4 is 33.2 Å². The molecule has 2 amide bonds. The maximum atomic E-state index is 12.7. The molecule has 1 aliphatic heterocycles. The van der Waals surface area contributed by atoms with Gasteiger partial charge in [0.1, 0.15) is 0 Å². The first-order chi connectivity index (χ1) is 14.7. The summed E-state index contributed by atoms with van der Waals surface area (Å²) in [5, 5.41) is 2.81. The van der Waals surface area contributed by atoms with E-state index in [0.717, 1.165) is 16.8 Å². The van der Waals surface area contributed by atoms with Crippen molar-refractivity contribution in [2.24, 2.45) is 5.92 Å². The fraction of sp³-hybridized carbons (Fsp3) is 0.391. The van der Waals surface area contributed by atoms with Crippen LogP contribution in [0.15, 0.2) is 47.4 Å². The molecule has 1 heterocycles. The van der Waals surface area contributed by atoms with E-state index in [4.69, 9.17) is 0 Å². The summed E-state index contributed by atoms with van der Waals surface area (Å²) in [6.07, 6.45) is 0.146. The summed E-state index contributed by atoms with van der Waals surface area (Å²) in [5.74, 6) is -0.792. The van der Waals surface area contributed by atoms with E-state index in [9.17, 15) is 18.0 Å². The van der Waals surface area contributed by atoms with E-state index in [-0.39, 0.29) is 23.1 Å².